The molecule has 1 saturated heterocycles. The average molecular weight is 440 g/mol. The van der Waals surface area contributed by atoms with E-state index < -0.39 is 36.7 Å². The van der Waals surface area contributed by atoms with Gasteiger partial charge in [-0.2, -0.15) is 0 Å². The Morgan fingerprint density at radius 3 is 2.75 bits per heavy atom. The summed E-state index contributed by atoms with van der Waals surface area (Å²) in [6, 6.07) is 11.7. The standard InChI is InChI=1S/C22H22F2N6O2/c1-15-9-17(7-8-25-15)21(32)30-14-22(23,24)10-18(30)12-29-13-19(27-28-29)20(31)26-11-16-5-3-2-4-6-16/h2-9,13,18H,10-12,14H2,1H3,(H,26,31)/t18-/m0/s1. The molecule has 3 aromatic rings. The fraction of sp³-hybridized carbons (Fsp3) is 0.318. The summed E-state index contributed by atoms with van der Waals surface area (Å²) in [5.41, 5.74) is 1.94. The highest BCUT2D eigenvalue weighted by Gasteiger charge is 2.47. The van der Waals surface area contributed by atoms with Crippen molar-refractivity contribution in [2.75, 3.05) is 6.54 Å². The first-order valence-electron chi connectivity index (χ1n) is 10.1. The molecule has 3 heterocycles. The summed E-state index contributed by atoms with van der Waals surface area (Å²) < 4.78 is 29.7. The van der Waals surface area contributed by atoms with Crippen molar-refractivity contribution in [1.82, 2.24) is 30.2 Å². The molecule has 0 bridgehead atoms. The number of nitrogens with zero attached hydrogens (tertiary/aromatic N) is 5. The molecule has 1 aromatic carbocycles. The number of aryl methyl sites for hydroxylation is 1. The number of likely N-dealkylation sites (tertiary alicyclic amines) is 1. The molecule has 0 aliphatic carbocycles. The molecule has 0 saturated carbocycles. The minimum absolute atomic E-state index is 0.00433. The molecule has 1 fully saturated rings. The predicted molar refractivity (Wildman–Crippen MR) is 111 cm³/mol. The number of pyridine rings is 1. The number of rotatable bonds is 6. The van der Waals surface area contributed by atoms with Crippen LogP contribution >= 0.6 is 0 Å². The first kappa shape index (κ1) is 21.5. The lowest BCUT2D eigenvalue weighted by atomic mass is 10.1. The van der Waals surface area contributed by atoms with E-state index >= 15 is 0 Å². The van der Waals surface area contributed by atoms with Gasteiger partial charge in [0.1, 0.15) is 0 Å². The minimum atomic E-state index is -3.00. The molecule has 0 spiro atoms. The number of carbonyl (C=O) groups excluding carboxylic acids is 2. The lowest BCUT2D eigenvalue weighted by Crippen LogP contribution is -2.38. The van der Waals surface area contributed by atoms with Gasteiger partial charge in [-0.25, -0.2) is 13.5 Å². The highest BCUT2D eigenvalue weighted by molar-refractivity contribution is 5.94. The maximum atomic E-state index is 14.2. The smallest absolute Gasteiger partial charge is 0.273 e. The average Bonchev–Trinajstić information content (AvgIpc) is 3.36. The Balaban J connectivity index is 1.43. The molecule has 2 amide bonds. The van der Waals surface area contributed by atoms with Gasteiger partial charge >= 0.3 is 0 Å². The van der Waals surface area contributed by atoms with Crippen LogP contribution < -0.4 is 5.32 Å². The van der Waals surface area contributed by atoms with E-state index in [9.17, 15) is 18.4 Å². The molecular formula is C22H22F2N6O2. The summed E-state index contributed by atoms with van der Waals surface area (Å²) in [4.78, 5) is 30.4. The number of aromatic nitrogens is 4. The van der Waals surface area contributed by atoms with Gasteiger partial charge < -0.3 is 10.2 Å². The van der Waals surface area contributed by atoms with Crippen molar-refractivity contribution < 1.29 is 18.4 Å². The molecule has 0 unspecified atom stereocenters. The van der Waals surface area contributed by atoms with Crippen molar-refractivity contribution in [2.45, 2.75) is 38.4 Å². The second kappa shape index (κ2) is 8.81. The van der Waals surface area contributed by atoms with Gasteiger partial charge in [-0.3, -0.25) is 14.6 Å². The SMILES string of the molecule is Cc1cc(C(=O)N2CC(F)(F)C[C@H]2Cn2cc(C(=O)NCc3ccccc3)nn2)ccn1. The molecule has 166 valence electrons. The fourth-order valence-corrected chi connectivity index (χ4v) is 3.72. The number of alkyl halides is 2. The van der Waals surface area contributed by atoms with Gasteiger partial charge in [0.25, 0.3) is 17.7 Å². The molecule has 1 aliphatic heterocycles. The highest BCUT2D eigenvalue weighted by Crippen LogP contribution is 2.33. The number of halogens is 2. The topological polar surface area (TPSA) is 93.0 Å². The third-order valence-electron chi connectivity index (χ3n) is 5.25. The number of amides is 2. The van der Waals surface area contributed by atoms with E-state index in [1.807, 2.05) is 30.3 Å². The Kier molecular flexibility index (Phi) is 5.93. The van der Waals surface area contributed by atoms with Crippen LogP contribution in [0.25, 0.3) is 0 Å². The zero-order chi connectivity index (χ0) is 22.7. The van der Waals surface area contributed by atoms with E-state index in [2.05, 4.69) is 20.6 Å². The summed E-state index contributed by atoms with van der Waals surface area (Å²) in [5, 5.41) is 10.5. The van der Waals surface area contributed by atoms with Crippen LogP contribution in [0.2, 0.25) is 0 Å². The maximum Gasteiger partial charge on any atom is 0.273 e. The van der Waals surface area contributed by atoms with Gasteiger partial charge in [-0.15, -0.1) is 5.10 Å². The van der Waals surface area contributed by atoms with Crippen LogP contribution in [0.15, 0.2) is 54.9 Å². The Hall–Kier alpha value is -3.69. The van der Waals surface area contributed by atoms with E-state index in [-0.39, 0.29) is 12.2 Å². The van der Waals surface area contributed by atoms with Crippen LogP contribution in [0.4, 0.5) is 8.78 Å². The Morgan fingerprint density at radius 2 is 2.00 bits per heavy atom. The first-order valence-corrected chi connectivity index (χ1v) is 10.1. The number of benzene rings is 1. The first-order chi connectivity index (χ1) is 15.3. The summed E-state index contributed by atoms with van der Waals surface area (Å²) >= 11 is 0. The van der Waals surface area contributed by atoms with Gasteiger partial charge in [0.05, 0.1) is 25.3 Å². The summed E-state index contributed by atoms with van der Waals surface area (Å²) in [7, 11) is 0. The Labute approximate surface area is 183 Å². The van der Waals surface area contributed by atoms with Crippen molar-refractivity contribution in [1.29, 1.82) is 0 Å². The van der Waals surface area contributed by atoms with Crippen molar-refractivity contribution in [3.63, 3.8) is 0 Å². The molecule has 4 rings (SSSR count). The zero-order valence-electron chi connectivity index (χ0n) is 17.4. The lowest BCUT2D eigenvalue weighted by Gasteiger charge is -2.23. The van der Waals surface area contributed by atoms with E-state index in [1.165, 1.54) is 23.1 Å². The largest absolute Gasteiger partial charge is 0.347 e. The lowest BCUT2D eigenvalue weighted by molar-refractivity contribution is 0.0117. The Morgan fingerprint density at radius 1 is 1.22 bits per heavy atom. The summed E-state index contributed by atoms with van der Waals surface area (Å²) in [6.07, 6.45) is 2.39. The molecule has 32 heavy (non-hydrogen) atoms. The normalized spacial score (nSPS) is 17.3. The molecule has 1 atom stereocenters. The maximum absolute atomic E-state index is 14.2. The molecule has 10 heteroatoms. The molecular weight excluding hydrogens is 418 g/mol. The number of hydrogen-bond acceptors (Lipinski definition) is 5. The van der Waals surface area contributed by atoms with Crippen LogP contribution in [0.1, 0.15) is 38.5 Å². The third kappa shape index (κ3) is 4.96. The molecule has 1 N–H and O–H groups in total. The minimum Gasteiger partial charge on any atom is -0.347 e. The quantitative estimate of drug-likeness (QED) is 0.636. The monoisotopic (exact) mass is 440 g/mol. The molecule has 1 aliphatic rings. The predicted octanol–water partition coefficient (Wildman–Crippen LogP) is 2.46. The summed E-state index contributed by atoms with van der Waals surface area (Å²) in [6.45, 7) is 1.39. The van der Waals surface area contributed by atoms with Crippen molar-refractivity contribution in [3.8, 4) is 0 Å². The second-order valence-corrected chi connectivity index (χ2v) is 7.83. The van der Waals surface area contributed by atoms with Crippen molar-refractivity contribution >= 4 is 11.8 Å². The van der Waals surface area contributed by atoms with Crippen LogP contribution in [-0.4, -0.2) is 55.2 Å². The van der Waals surface area contributed by atoms with E-state index in [0.717, 1.165) is 10.5 Å². The summed E-state index contributed by atoms with van der Waals surface area (Å²) in [5.74, 6) is -3.91. The van der Waals surface area contributed by atoms with Crippen LogP contribution in [0.3, 0.4) is 0 Å². The van der Waals surface area contributed by atoms with Gasteiger partial charge in [0, 0.05) is 30.4 Å². The zero-order valence-corrected chi connectivity index (χ0v) is 17.4. The third-order valence-corrected chi connectivity index (χ3v) is 5.25. The van der Waals surface area contributed by atoms with Gasteiger partial charge in [0.2, 0.25) is 0 Å². The van der Waals surface area contributed by atoms with Crippen molar-refractivity contribution in [2.24, 2.45) is 0 Å². The van der Waals surface area contributed by atoms with Gasteiger partial charge in [-0.1, -0.05) is 35.5 Å². The fourth-order valence-electron chi connectivity index (χ4n) is 3.72. The van der Waals surface area contributed by atoms with E-state index in [1.54, 1.807) is 13.0 Å². The second-order valence-electron chi connectivity index (χ2n) is 7.83. The van der Waals surface area contributed by atoms with E-state index in [0.29, 0.717) is 17.8 Å². The highest BCUT2D eigenvalue weighted by atomic mass is 19.3. The van der Waals surface area contributed by atoms with E-state index in [4.69, 9.17) is 0 Å². The Bertz CT molecular complexity index is 1120. The van der Waals surface area contributed by atoms with Gasteiger partial charge in [0.15, 0.2) is 5.69 Å². The number of nitrogens with one attached hydrogen (secondary N) is 1. The number of carbonyl (C=O) groups is 2. The van der Waals surface area contributed by atoms with Gasteiger partial charge in [-0.05, 0) is 24.6 Å². The molecule has 8 nitrogen and oxygen atoms in total. The molecule has 2 aromatic heterocycles. The van der Waals surface area contributed by atoms with Crippen LogP contribution in [-0.2, 0) is 13.1 Å². The molecule has 0 radical (unpaired) electrons. The van der Waals surface area contributed by atoms with Crippen LogP contribution in [0, 0.1) is 6.92 Å². The van der Waals surface area contributed by atoms with Crippen LogP contribution in [0.5, 0.6) is 0 Å². The number of hydrogen-bond donors (Lipinski definition) is 1. The van der Waals surface area contributed by atoms with Crippen molar-refractivity contribution in [3.05, 3.63) is 77.4 Å².